The van der Waals surface area contributed by atoms with E-state index in [1.807, 2.05) is 36.4 Å². The SMILES string of the molecule is Cc1ccc(Nc2nc3onc(-c4ccccc4Cl)c3s2)cc1. The molecular weight excluding hydrogens is 330 g/mol. The van der Waals surface area contributed by atoms with Crippen LogP contribution in [0.1, 0.15) is 5.56 Å². The van der Waals surface area contributed by atoms with Gasteiger partial charge in [0.15, 0.2) is 5.13 Å². The molecular formula is C17H12ClN3OS. The van der Waals surface area contributed by atoms with Gasteiger partial charge in [0.25, 0.3) is 5.71 Å². The summed E-state index contributed by atoms with van der Waals surface area (Å²) in [5.41, 5.74) is 4.28. The Balaban J connectivity index is 1.72. The minimum Gasteiger partial charge on any atom is -0.334 e. The molecule has 0 spiro atoms. The number of aromatic nitrogens is 2. The third kappa shape index (κ3) is 2.69. The lowest BCUT2D eigenvalue weighted by atomic mass is 10.1. The standard InChI is InChI=1S/C17H12ClN3OS/c1-10-6-8-11(9-7-10)19-17-20-16-15(23-17)14(21-22-16)12-4-2-3-5-13(12)18/h2-9H,1H3,(H,19,20). The molecule has 0 aliphatic carbocycles. The first-order chi connectivity index (χ1) is 11.2. The highest BCUT2D eigenvalue weighted by atomic mass is 35.5. The van der Waals surface area contributed by atoms with E-state index in [1.54, 1.807) is 0 Å². The van der Waals surface area contributed by atoms with Gasteiger partial charge >= 0.3 is 0 Å². The number of hydrogen-bond donors (Lipinski definition) is 1. The van der Waals surface area contributed by atoms with Crippen molar-refractivity contribution in [3.63, 3.8) is 0 Å². The van der Waals surface area contributed by atoms with Gasteiger partial charge in [0.1, 0.15) is 10.4 Å². The van der Waals surface area contributed by atoms with Crippen LogP contribution in [0.3, 0.4) is 0 Å². The topological polar surface area (TPSA) is 51.0 Å². The van der Waals surface area contributed by atoms with Gasteiger partial charge in [-0.1, -0.05) is 64.0 Å². The number of nitrogens with zero attached hydrogens (tertiary/aromatic N) is 2. The van der Waals surface area contributed by atoms with E-state index in [2.05, 4.69) is 34.5 Å². The minimum atomic E-state index is 0.513. The second-order valence-corrected chi connectivity index (χ2v) is 6.56. The Hall–Kier alpha value is -2.37. The average molecular weight is 342 g/mol. The highest BCUT2D eigenvalue weighted by molar-refractivity contribution is 7.22. The van der Waals surface area contributed by atoms with E-state index in [9.17, 15) is 0 Å². The fourth-order valence-electron chi connectivity index (χ4n) is 2.29. The normalized spacial score (nSPS) is 11.0. The zero-order valence-electron chi connectivity index (χ0n) is 12.2. The second-order valence-electron chi connectivity index (χ2n) is 5.16. The van der Waals surface area contributed by atoms with Crippen LogP contribution in [0.2, 0.25) is 5.02 Å². The quantitative estimate of drug-likeness (QED) is 0.522. The molecule has 6 heteroatoms. The van der Waals surface area contributed by atoms with E-state index in [-0.39, 0.29) is 0 Å². The van der Waals surface area contributed by atoms with E-state index < -0.39 is 0 Å². The zero-order chi connectivity index (χ0) is 15.8. The first kappa shape index (κ1) is 14.2. The van der Waals surface area contributed by atoms with Crippen LogP contribution >= 0.6 is 22.9 Å². The lowest BCUT2D eigenvalue weighted by Gasteiger charge is -2.02. The number of anilines is 2. The summed E-state index contributed by atoms with van der Waals surface area (Å²) in [6.45, 7) is 2.06. The summed E-state index contributed by atoms with van der Waals surface area (Å²) in [5.74, 6) is 0. The molecule has 0 radical (unpaired) electrons. The molecule has 2 aromatic carbocycles. The van der Waals surface area contributed by atoms with Crippen molar-refractivity contribution in [1.29, 1.82) is 0 Å². The van der Waals surface area contributed by atoms with Crippen molar-refractivity contribution in [1.82, 2.24) is 10.1 Å². The van der Waals surface area contributed by atoms with Crippen LogP contribution in [-0.2, 0) is 0 Å². The van der Waals surface area contributed by atoms with Gasteiger partial charge in [-0.25, -0.2) is 0 Å². The molecule has 2 aromatic heterocycles. The minimum absolute atomic E-state index is 0.513. The molecule has 4 aromatic rings. The molecule has 0 bridgehead atoms. The first-order valence-corrected chi connectivity index (χ1v) is 8.25. The second kappa shape index (κ2) is 5.68. The van der Waals surface area contributed by atoms with Gasteiger partial charge in [-0.2, -0.15) is 4.98 Å². The van der Waals surface area contributed by atoms with Crippen molar-refractivity contribution < 1.29 is 4.52 Å². The number of fused-ring (bicyclic) bond motifs is 1. The van der Waals surface area contributed by atoms with Gasteiger partial charge in [0.05, 0.1) is 5.02 Å². The summed E-state index contributed by atoms with van der Waals surface area (Å²) in [6, 6.07) is 15.7. The fourth-order valence-corrected chi connectivity index (χ4v) is 3.42. The number of halogens is 1. The van der Waals surface area contributed by atoms with Gasteiger partial charge in [-0.05, 0) is 25.1 Å². The maximum Gasteiger partial charge on any atom is 0.271 e. The molecule has 0 aliphatic heterocycles. The van der Waals surface area contributed by atoms with E-state index in [0.29, 0.717) is 10.7 Å². The van der Waals surface area contributed by atoms with Gasteiger partial charge in [0.2, 0.25) is 0 Å². The van der Waals surface area contributed by atoms with E-state index >= 15 is 0 Å². The van der Waals surface area contributed by atoms with Crippen molar-refractivity contribution in [2.45, 2.75) is 6.92 Å². The van der Waals surface area contributed by atoms with Crippen LogP contribution in [0.5, 0.6) is 0 Å². The van der Waals surface area contributed by atoms with Gasteiger partial charge < -0.3 is 9.84 Å². The number of hydrogen-bond acceptors (Lipinski definition) is 5. The number of aryl methyl sites for hydroxylation is 1. The maximum atomic E-state index is 6.25. The summed E-state index contributed by atoms with van der Waals surface area (Å²) in [6.07, 6.45) is 0. The molecule has 0 amide bonds. The van der Waals surface area contributed by atoms with Crippen LogP contribution in [-0.4, -0.2) is 10.1 Å². The molecule has 4 rings (SSSR count). The first-order valence-electron chi connectivity index (χ1n) is 7.05. The molecule has 1 N–H and O–H groups in total. The predicted molar refractivity (Wildman–Crippen MR) is 94.6 cm³/mol. The maximum absolute atomic E-state index is 6.25. The molecule has 2 heterocycles. The molecule has 0 fully saturated rings. The van der Waals surface area contributed by atoms with Crippen LogP contribution in [0.4, 0.5) is 10.8 Å². The summed E-state index contributed by atoms with van der Waals surface area (Å²) < 4.78 is 6.23. The Morgan fingerprint density at radius 2 is 1.87 bits per heavy atom. The molecule has 0 unspecified atom stereocenters. The summed E-state index contributed by atoms with van der Waals surface area (Å²) >= 11 is 7.75. The van der Waals surface area contributed by atoms with Crippen LogP contribution < -0.4 is 5.32 Å². The van der Waals surface area contributed by atoms with E-state index in [4.69, 9.17) is 16.1 Å². The van der Waals surface area contributed by atoms with E-state index in [0.717, 1.165) is 26.8 Å². The van der Waals surface area contributed by atoms with E-state index in [1.165, 1.54) is 16.9 Å². The Bertz CT molecular complexity index is 975. The van der Waals surface area contributed by atoms with Crippen molar-refractivity contribution in [2.75, 3.05) is 5.32 Å². The highest BCUT2D eigenvalue weighted by Crippen LogP contribution is 2.38. The molecule has 0 atom stereocenters. The summed E-state index contributed by atoms with van der Waals surface area (Å²) in [5, 5.41) is 8.80. The van der Waals surface area contributed by atoms with Crippen molar-refractivity contribution in [3.05, 3.63) is 59.1 Å². The Morgan fingerprint density at radius 1 is 1.09 bits per heavy atom. The Labute approximate surface area is 141 Å². The number of benzene rings is 2. The van der Waals surface area contributed by atoms with Gasteiger partial charge in [0, 0.05) is 11.3 Å². The lowest BCUT2D eigenvalue weighted by molar-refractivity contribution is 0.452. The number of thiazole rings is 1. The summed E-state index contributed by atoms with van der Waals surface area (Å²) in [4.78, 5) is 4.44. The average Bonchev–Trinajstić information content (AvgIpc) is 3.10. The number of nitrogens with one attached hydrogen (secondary N) is 1. The monoisotopic (exact) mass is 341 g/mol. The van der Waals surface area contributed by atoms with Crippen molar-refractivity contribution in [3.8, 4) is 11.3 Å². The Morgan fingerprint density at radius 3 is 2.65 bits per heavy atom. The smallest absolute Gasteiger partial charge is 0.271 e. The largest absolute Gasteiger partial charge is 0.334 e. The summed E-state index contributed by atoms with van der Waals surface area (Å²) in [7, 11) is 0. The third-order valence-corrected chi connectivity index (χ3v) is 4.75. The van der Waals surface area contributed by atoms with Crippen LogP contribution in [0.15, 0.2) is 53.1 Å². The molecule has 0 saturated heterocycles. The fraction of sp³-hybridized carbons (Fsp3) is 0.0588. The van der Waals surface area contributed by atoms with Crippen LogP contribution in [0, 0.1) is 6.92 Å². The molecule has 114 valence electrons. The third-order valence-electron chi connectivity index (χ3n) is 3.47. The molecule has 23 heavy (non-hydrogen) atoms. The van der Waals surface area contributed by atoms with Gasteiger partial charge in [-0.3, -0.25) is 0 Å². The molecule has 4 nitrogen and oxygen atoms in total. The van der Waals surface area contributed by atoms with Crippen molar-refractivity contribution in [2.24, 2.45) is 0 Å². The van der Waals surface area contributed by atoms with Crippen molar-refractivity contribution >= 4 is 44.2 Å². The Kier molecular flexibility index (Phi) is 3.52. The predicted octanol–water partition coefficient (Wildman–Crippen LogP) is 5.66. The van der Waals surface area contributed by atoms with Crippen LogP contribution in [0.25, 0.3) is 21.7 Å². The molecule has 0 saturated carbocycles. The molecule has 0 aliphatic rings. The van der Waals surface area contributed by atoms with Gasteiger partial charge in [-0.15, -0.1) is 0 Å². The number of rotatable bonds is 3. The lowest BCUT2D eigenvalue weighted by Crippen LogP contribution is -1.88. The highest BCUT2D eigenvalue weighted by Gasteiger charge is 2.17. The zero-order valence-corrected chi connectivity index (χ0v) is 13.8.